The number of hydrogen-bond donors (Lipinski definition) is 0. The summed E-state index contributed by atoms with van der Waals surface area (Å²) in [5.41, 5.74) is -0.649. The summed E-state index contributed by atoms with van der Waals surface area (Å²) in [4.78, 5) is 10.3. The molecule has 0 N–H and O–H groups in total. The highest BCUT2D eigenvalue weighted by Gasteiger charge is 2.15. The van der Waals surface area contributed by atoms with Crippen LogP contribution in [-0.4, -0.2) is 5.54 Å². The summed E-state index contributed by atoms with van der Waals surface area (Å²) in [5, 5.41) is 2.98. The van der Waals surface area contributed by atoms with Gasteiger partial charge in [-0.1, -0.05) is 29.5 Å². The molecule has 0 radical (unpaired) electrons. The lowest BCUT2D eigenvalue weighted by atomic mass is 10.0. The van der Waals surface area contributed by atoms with Crippen molar-refractivity contribution >= 4 is 0 Å². The quantitative estimate of drug-likeness (QED) is 0.436. The van der Waals surface area contributed by atoms with E-state index in [1.54, 1.807) is 19.1 Å². The molecule has 2 nitrogen and oxygen atoms in total. The summed E-state index contributed by atoms with van der Waals surface area (Å²) in [7, 11) is 0. The zero-order valence-electron chi connectivity index (χ0n) is 6.66. The second-order valence-corrected chi connectivity index (χ2v) is 2.32. The third-order valence-electron chi connectivity index (χ3n) is 1.20. The van der Waals surface area contributed by atoms with Crippen molar-refractivity contribution in [2.24, 2.45) is 5.18 Å². The molecule has 0 rings (SSSR count). The first-order chi connectivity index (χ1) is 4.68. The first-order valence-corrected chi connectivity index (χ1v) is 3.30. The van der Waals surface area contributed by atoms with E-state index in [1.165, 1.54) is 0 Å². The van der Waals surface area contributed by atoms with Crippen LogP contribution in [0.3, 0.4) is 0 Å². The van der Waals surface area contributed by atoms with Crippen LogP contribution in [-0.2, 0) is 0 Å². The van der Waals surface area contributed by atoms with E-state index in [4.69, 9.17) is 0 Å². The van der Waals surface area contributed by atoms with Crippen molar-refractivity contribution in [1.82, 2.24) is 0 Å². The van der Waals surface area contributed by atoms with E-state index in [9.17, 15) is 4.91 Å². The van der Waals surface area contributed by atoms with Gasteiger partial charge in [0.15, 0.2) is 0 Å². The number of nitroso groups, excluding NO2 is 1. The molecule has 0 fully saturated rings. The molecule has 0 aliphatic heterocycles. The fourth-order valence-corrected chi connectivity index (χ4v) is 0.791. The van der Waals surface area contributed by atoms with Gasteiger partial charge in [-0.25, -0.2) is 0 Å². The topological polar surface area (TPSA) is 29.4 Å². The Labute approximate surface area is 61.6 Å². The van der Waals surface area contributed by atoms with Crippen LogP contribution in [0.1, 0.15) is 20.8 Å². The number of hydrogen-bond acceptors (Lipinski definition) is 2. The van der Waals surface area contributed by atoms with E-state index < -0.39 is 5.54 Å². The van der Waals surface area contributed by atoms with Crippen LogP contribution >= 0.6 is 0 Å². The minimum atomic E-state index is -0.649. The van der Waals surface area contributed by atoms with Gasteiger partial charge in [-0.2, -0.15) is 0 Å². The SMILES string of the molecule is C/C=C\C(C)(/C=C\C)N=O. The maximum absolute atomic E-state index is 10.3. The van der Waals surface area contributed by atoms with Gasteiger partial charge in [0.1, 0.15) is 5.54 Å². The minimum absolute atomic E-state index is 0.649. The standard InChI is InChI=1S/C8H13NO/c1-4-6-8(3,9-10)7-5-2/h4-7H,1-3H3/b6-4-,7-5-. The van der Waals surface area contributed by atoms with E-state index in [0.29, 0.717) is 0 Å². The van der Waals surface area contributed by atoms with Gasteiger partial charge in [-0.3, -0.25) is 0 Å². The lowest BCUT2D eigenvalue weighted by molar-refractivity contribution is 0.728. The molecule has 0 bridgehead atoms. The van der Waals surface area contributed by atoms with Crippen LogP contribution in [0.4, 0.5) is 0 Å². The third-order valence-corrected chi connectivity index (χ3v) is 1.20. The summed E-state index contributed by atoms with van der Waals surface area (Å²) >= 11 is 0. The summed E-state index contributed by atoms with van der Waals surface area (Å²) in [6.45, 7) is 5.50. The average Bonchev–Trinajstić information content (AvgIpc) is 1.89. The summed E-state index contributed by atoms with van der Waals surface area (Å²) in [6.07, 6.45) is 7.17. The molecule has 0 spiro atoms. The molecule has 0 amide bonds. The molecule has 0 aromatic rings. The Bertz CT molecular complexity index is 147. The molecular formula is C8H13NO. The lowest BCUT2D eigenvalue weighted by Gasteiger charge is -2.09. The highest BCUT2D eigenvalue weighted by Crippen LogP contribution is 2.13. The Morgan fingerprint density at radius 1 is 1.20 bits per heavy atom. The number of allylic oxidation sites excluding steroid dienone is 2. The Morgan fingerprint density at radius 3 is 1.80 bits per heavy atom. The molecule has 10 heavy (non-hydrogen) atoms. The summed E-state index contributed by atoms with van der Waals surface area (Å²) < 4.78 is 0. The maximum Gasteiger partial charge on any atom is 0.136 e. The normalized spacial score (nSPS) is 13.1. The molecule has 0 aliphatic carbocycles. The van der Waals surface area contributed by atoms with E-state index >= 15 is 0 Å². The van der Waals surface area contributed by atoms with Crippen LogP contribution in [0.25, 0.3) is 0 Å². The predicted molar refractivity (Wildman–Crippen MR) is 43.8 cm³/mol. The largest absolute Gasteiger partial charge is 0.150 e. The first-order valence-electron chi connectivity index (χ1n) is 3.30. The van der Waals surface area contributed by atoms with Crippen molar-refractivity contribution < 1.29 is 0 Å². The highest BCUT2D eigenvalue weighted by molar-refractivity contribution is 5.15. The summed E-state index contributed by atoms with van der Waals surface area (Å²) in [5.74, 6) is 0. The van der Waals surface area contributed by atoms with E-state index in [0.717, 1.165) is 0 Å². The second-order valence-electron chi connectivity index (χ2n) is 2.32. The third kappa shape index (κ3) is 2.58. The van der Waals surface area contributed by atoms with Crippen molar-refractivity contribution in [3.63, 3.8) is 0 Å². The zero-order chi connectivity index (χ0) is 8.04. The number of nitrogens with zero attached hydrogens (tertiary/aromatic N) is 1. The molecule has 0 saturated carbocycles. The fraction of sp³-hybridized carbons (Fsp3) is 0.500. The fourth-order valence-electron chi connectivity index (χ4n) is 0.791. The first kappa shape index (κ1) is 9.08. The van der Waals surface area contributed by atoms with Gasteiger partial charge in [0.25, 0.3) is 0 Å². The van der Waals surface area contributed by atoms with Crippen molar-refractivity contribution in [2.75, 3.05) is 0 Å². The van der Waals surface area contributed by atoms with E-state index in [1.807, 2.05) is 26.0 Å². The number of rotatable bonds is 3. The van der Waals surface area contributed by atoms with Crippen molar-refractivity contribution in [3.8, 4) is 0 Å². The van der Waals surface area contributed by atoms with Gasteiger partial charge in [0.05, 0.1) is 0 Å². The van der Waals surface area contributed by atoms with Gasteiger partial charge >= 0.3 is 0 Å². The van der Waals surface area contributed by atoms with Crippen molar-refractivity contribution in [1.29, 1.82) is 0 Å². The smallest absolute Gasteiger partial charge is 0.136 e. The molecule has 0 aliphatic rings. The van der Waals surface area contributed by atoms with Crippen LogP contribution in [0.15, 0.2) is 29.5 Å². The maximum atomic E-state index is 10.3. The molecular weight excluding hydrogens is 126 g/mol. The van der Waals surface area contributed by atoms with Crippen LogP contribution in [0, 0.1) is 4.91 Å². The van der Waals surface area contributed by atoms with Gasteiger partial charge in [-0.15, -0.1) is 4.91 Å². The predicted octanol–water partition coefficient (Wildman–Crippen LogP) is 2.66. The Hall–Kier alpha value is -0.920. The lowest BCUT2D eigenvalue weighted by Crippen LogP contribution is -2.12. The van der Waals surface area contributed by atoms with Gasteiger partial charge in [0, 0.05) is 0 Å². The molecule has 2 heteroatoms. The van der Waals surface area contributed by atoms with Gasteiger partial charge in [0.2, 0.25) is 0 Å². The second kappa shape index (κ2) is 3.99. The van der Waals surface area contributed by atoms with Crippen molar-refractivity contribution in [2.45, 2.75) is 26.3 Å². The minimum Gasteiger partial charge on any atom is -0.150 e. The average molecular weight is 139 g/mol. The Kier molecular flexibility index (Phi) is 3.62. The van der Waals surface area contributed by atoms with E-state index in [-0.39, 0.29) is 0 Å². The molecule has 0 atom stereocenters. The van der Waals surface area contributed by atoms with E-state index in [2.05, 4.69) is 5.18 Å². The molecule has 0 aromatic carbocycles. The molecule has 0 saturated heterocycles. The molecule has 0 aromatic heterocycles. The Balaban J connectivity index is 4.37. The van der Waals surface area contributed by atoms with Crippen LogP contribution in [0.5, 0.6) is 0 Å². The summed E-state index contributed by atoms with van der Waals surface area (Å²) in [6, 6.07) is 0. The Morgan fingerprint density at radius 2 is 1.60 bits per heavy atom. The molecule has 0 unspecified atom stereocenters. The van der Waals surface area contributed by atoms with Crippen molar-refractivity contribution in [3.05, 3.63) is 29.2 Å². The van der Waals surface area contributed by atoms with Crippen LogP contribution in [0.2, 0.25) is 0 Å². The molecule has 0 heterocycles. The monoisotopic (exact) mass is 139 g/mol. The van der Waals surface area contributed by atoms with Gasteiger partial charge in [-0.05, 0) is 20.8 Å². The highest BCUT2D eigenvalue weighted by atomic mass is 16.3. The zero-order valence-corrected chi connectivity index (χ0v) is 6.66. The van der Waals surface area contributed by atoms with Crippen LogP contribution < -0.4 is 0 Å². The molecule has 56 valence electrons. The van der Waals surface area contributed by atoms with Gasteiger partial charge < -0.3 is 0 Å².